The fourth-order valence-electron chi connectivity index (χ4n) is 2.08. The van der Waals surface area contributed by atoms with Gasteiger partial charge in [0, 0.05) is 17.5 Å². The van der Waals surface area contributed by atoms with Crippen molar-refractivity contribution in [3.63, 3.8) is 0 Å². The lowest BCUT2D eigenvalue weighted by molar-refractivity contribution is -0.385. The van der Waals surface area contributed by atoms with Crippen molar-refractivity contribution in [1.29, 1.82) is 0 Å². The molecular formula is C16H21IN4O2S. The number of rotatable bonds is 6. The Balaban J connectivity index is 0.00000288. The predicted molar refractivity (Wildman–Crippen MR) is 109 cm³/mol. The highest BCUT2D eigenvalue weighted by molar-refractivity contribution is 14.0. The Morgan fingerprint density at radius 2 is 2.04 bits per heavy atom. The first-order valence-corrected chi connectivity index (χ1v) is 8.27. The Morgan fingerprint density at radius 1 is 1.29 bits per heavy atom. The normalized spacial score (nSPS) is 10.8. The van der Waals surface area contributed by atoms with E-state index in [1.165, 1.54) is 16.5 Å². The molecule has 1 aromatic heterocycles. The monoisotopic (exact) mass is 460 g/mol. The van der Waals surface area contributed by atoms with E-state index in [9.17, 15) is 10.1 Å². The fourth-order valence-corrected chi connectivity index (χ4v) is 2.92. The highest BCUT2D eigenvalue weighted by Gasteiger charge is 2.11. The Morgan fingerprint density at radius 3 is 2.67 bits per heavy atom. The number of nitrogens with zero attached hydrogens (tertiary/aromatic N) is 2. The van der Waals surface area contributed by atoms with E-state index in [2.05, 4.69) is 34.0 Å². The number of thiophene rings is 1. The van der Waals surface area contributed by atoms with Crippen LogP contribution in [-0.4, -0.2) is 17.4 Å². The molecule has 0 saturated heterocycles. The number of nitrogens with one attached hydrogen (secondary N) is 2. The molecule has 0 amide bonds. The largest absolute Gasteiger partial charge is 0.357 e. The topological polar surface area (TPSA) is 79.6 Å². The van der Waals surface area contributed by atoms with Crippen LogP contribution in [-0.2, 0) is 13.1 Å². The van der Waals surface area contributed by atoms with Crippen LogP contribution in [0.2, 0.25) is 0 Å². The van der Waals surface area contributed by atoms with Crippen molar-refractivity contribution in [2.24, 2.45) is 4.99 Å². The Bertz CT molecular complexity index is 703. The summed E-state index contributed by atoms with van der Waals surface area (Å²) >= 11 is 1.70. The lowest BCUT2D eigenvalue weighted by Crippen LogP contribution is -2.36. The molecule has 0 atom stereocenters. The first-order chi connectivity index (χ1) is 11.1. The van der Waals surface area contributed by atoms with Crippen LogP contribution in [0.15, 0.2) is 40.7 Å². The second-order valence-corrected chi connectivity index (χ2v) is 5.96. The number of benzene rings is 1. The maximum atomic E-state index is 11.0. The fraction of sp³-hybridized carbons (Fsp3) is 0.312. The summed E-state index contributed by atoms with van der Waals surface area (Å²) in [6, 6.07) is 8.76. The molecule has 0 saturated carbocycles. The van der Waals surface area contributed by atoms with Crippen LogP contribution in [0.5, 0.6) is 0 Å². The van der Waals surface area contributed by atoms with Gasteiger partial charge in [0.05, 0.1) is 23.6 Å². The zero-order valence-corrected chi connectivity index (χ0v) is 16.8. The highest BCUT2D eigenvalue weighted by atomic mass is 127. The van der Waals surface area contributed by atoms with Crippen molar-refractivity contribution in [1.82, 2.24) is 10.6 Å². The third-order valence-electron chi connectivity index (χ3n) is 3.32. The van der Waals surface area contributed by atoms with Gasteiger partial charge >= 0.3 is 0 Å². The zero-order valence-electron chi connectivity index (χ0n) is 13.6. The third kappa shape index (κ3) is 5.75. The molecule has 6 nitrogen and oxygen atoms in total. The summed E-state index contributed by atoms with van der Waals surface area (Å²) in [6.45, 7) is 5.73. The summed E-state index contributed by atoms with van der Waals surface area (Å²) < 4.78 is 0. The SMILES string of the molecule is CCNC(=NCc1ccccc1[N+](=O)[O-])NCc1sccc1C.I. The third-order valence-corrected chi connectivity index (χ3v) is 4.35. The molecule has 0 fully saturated rings. The van der Waals surface area contributed by atoms with Crippen LogP contribution in [0.1, 0.15) is 22.9 Å². The molecule has 2 aromatic rings. The molecule has 1 heterocycles. The number of nitro groups is 1. The van der Waals surface area contributed by atoms with Gasteiger partial charge in [-0.1, -0.05) is 18.2 Å². The van der Waals surface area contributed by atoms with Crippen molar-refractivity contribution >= 4 is 47.0 Å². The maximum Gasteiger partial charge on any atom is 0.274 e. The van der Waals surface area contributed by atoms with Gasteiger partial charge < -0.3 is 10.6 Å². The first-order valence-electron chi connectivity index (χ1n) is 7.39. The second-order valence-electron chi connectivity index (χ2n) is 4.96. The number of aryl methyl sites for hydroxylation is 1. The van der Waals surface area contributed by atoms with Crippen LogP contribution >= 0.6 is 35.3 Å². The molecule has 130 valence electrons. The summed E-state index contributed by atoms with van der Waals surface area (Å²) in [6.07, 6.45) is 0. The minimum atomic E-state index is -0.375. The second kappa shape index (κ2) is 10.2. The molecule has 2 N–H and O–H groups in total. The van der Waals surface area contributed by atoms with Crippen molar-refractivity contribution in [3.8, 4) is 0 Å². The molecule has 0 radical (unpaired) electrons. The summed E-state index contributed by atoms with van der Waals surface area (Å²) in [5.74, 6) is 0.651. The number of aliphatic imine (C=N–C) groups is 1. The quantitative estimate of drug-likeness (QED) is 0.226. The van der Waals surface area contributed by atoms with Crippen LogP contribution in [0, 0.1) is 17.0 Å². The van der Waals surface area contributed by atoms with Crippen LogP contribution in [0.4, 0.5) is 5.69 Å². The Kier molecular flexibility index (Phi) is 8.69. The van der Waals surface area contributed by atoms with E-state index in [-0.39, 0.29) is 41.1 Å². The van der Waals surface area contributed by atoms with E-state index in [0.29, 0.717) is 18.1 Å². The van der Waals surface area contributed by atoms with Gasteiger partial charge in [-0.05, 0) is 30.9 Å². The van der Waals surface area contributed by atoms with Gasteiger partial charge in [-0.15, -0.1) is 35.3 Å². The van der Waals surface area contributed by atoms with E-state index in [1.54, 1.807) is 29.5 Å². The van der Waals surface area contributed by atoms with Crippen molar-refractivity contribution in [2.75, 3.05) is 6.54 Å². The lowest BCUT2D eigenvalue weighted by atomic mass is 10.2. The van der Waals surface area contributed by atoms with E-state index in [4.69, 9.17) is 0 Å². The number of hydrogen-bond acceptors (Lipinski definition) is 4. The molecule has 0 aliphatic carbocycles. The predicted octanol–water partition coefficient (Wildman–Crippen LogP) is 3.84. The summed E-state index contributed by atoms with van der Waals surface area (Å²) in [5, 5.41) is 19.5. The van der Waals surface area contributed by atoms with Gasteiger partial charge in [0.2, 0.25) is 0 Å². The number of nitro benzene ring substituents is 1. The molecule has 0 spiro atoms. The Labute approximate surface area is 162 Å². The lowest BCUT2D eigenvalue weighted by Gasteiger charge is -2.11. The van der Waals surface area contributed by atoms with Gasteiger partial charge in [-0.3, -0.25) is 10.1 Å². The van der Waals surface area contributed by atoms with E-state index < -0.39 is 0 Å². The number of para-hydroxylation sites is 1. The highest BCUT2D eigenvalue weighted by Crippen LogP contribution is 2.18. The first kappa shape index (κ1) is 20.4. The number of hydrogen-bond donors (Lipinski definition) is 2. The van der Waals surface area contributed by atoms with Crippen molar-refractivity contribution in [3.05, 3.63) is 61.8 Å². The van der Waals surface area contributed by atoms with Gasteiger partial charge in [-0.2, -0.15) is 0 Å². The standard InChI is InChI=1S/C16H20N4O2S.HI/c1-3-17-16(19-11-15-12(2)8-9-23-15)18-10-13-6-4-5-7-14(13)20(21)22;/h4-9H,3,10-11H2,1-2H3,(H2,17,18,19);1H. The molecule has 8 heteroatoms. The molecule has 24 heavy (non-hydrogen) atoms. The van der Waals surface area contributed by atoms with E-state index in [0.717, 1.165) is 6.54 Å². The Hall–Kier alpha value is -1.68. The molecule has 0 unspecified atom stereocenters. The number of guanidine groups is 1. The van der Waals surface area contributed by atoms with Gasteiger partial charge in [0.25, 0.3) is 5.69 Å². The van der Waals surface area contributed by atoms with Gasteiger partial charge in [0.1, 0.15) is 0 Å². The minimum absolute atomic E-state index is 0. The van der Waals surface area contributed by atoms with Gasteiger partial charge in [0.15, 0.2) is 5.96 Å². The molecular weight excluding hydrogens is 439 g/mol. The molecule has 0 aliphatic rings. The molecule has 1 aromatic carbocycles. The maximum absolute atomic E-state index is 11.0. The summed E-state index contributed by atoms with van der Waals surface area (Å²) in [7, 11) is 0. The summed E-state index contributed by atoms with van der Waals surface area (Å²) in [5.41, 5.74) is 1.94. The van der Waals surface area contributed by atoms with Gasteiger partial charge in [-0.25, -0.2) is 4.99 Å². The molecule has 0 aliphatic heterocycles. The smallest absolute Gasteiger partial charge is 0.274 e. The van der Waals surface area contributed by atoms with Crippen molar-refractivity contribution in [2.45, 2.75) is 26.9 Å². The van der Waals surface area contributed by atoms with Crippen molar-refractivity contribution < 1.29 is 4.92 Å². The van der Waals surface area contributed by atoms with E-state index >= 15 is 0 Å². The van der Waals surface area contributed by atoms with Crippen LogP contribution in [0.25, 0.3) is 0 Å². The van der Waals surface area contributed by atoms with Crippen LogP contribution in [0.3, 0.4) is 0 Å². The van der Waals surface area contributed by atoms with Crippen LogP contribution < -0.4 is 10.6 Å². The minimum Gasteiger partial charge on any atom is -0.357 e. The summed E-state index contributed by atoms with van der Waals surface area (Å²) in [4.78, 5) is 16.4. The average Bonchev–Trinajstić information content (AvgIpc) is 2.95. The zero-order chi connectivity index (χ0) is 16.7. The molecule has 2 rings (SSSR count). The number of halogens is 1. The molecule has 0 bridgehead atoms. The van der Waals surface area contributed by atoms with E-state index in [1.807, 2.05) is 6.92 Å². The average molecular weight is 460 g/mol.